The number of amides is 2. The monoisotopic (exact) mass is 396 g/mol. The molecule has 0 spiro atoms. The summed E-state index contributed by atoms with van der Waals surface area (Å²) in [5.74, 6) is -0.455. The molecular weight excluding hydrogens is 377 g/mol. The molecule has 150 valence electrons. The van der Waals surface area contributed by atoms with E-state index in [9.17, 15) is 22.8 Å². The molecule has 0 unspecified atom stereocenters. The third kappa shape index (κ3) is 3.54. The number of rotatable bonds is 4. The Morgan fingerprint density at radius 1 is 1.25 bits per heavy atom. The van der Waals surface area contributed by atoms with Crippen molar-refractivity contribution in [1.82, 2.24) is 19.6 Å². The first-order chi connectivity index (χ1) is 13.1. The summed E-state index contributed by atoms with van der Waals surface area (Å²) in [5, 5.41) is 3.70. The molecule has 2 aromatic rings. The number of methoxy groups -OCH3 is 1. The van der Waals surface area contributed by atoms with E-state index >= 15 is 0 Å². The molecule has 1 aromatic heterocycles. The van der Waals surface area contributed by atoms with Crippen molar-refractivity contribution in [2.45, 2.75) is 12.6 Å². The van der Waals surface area contributed by atoms with Crippen molar-refractivity contribution in [2.24, 2.45) is 0 Å². The van der Waals surface area contributed by atoms with Crippen LogP contribution in [0.4, 0.5) is 13.2 Å². The SMILES string of the molecule is COc1ccc(-n2nc(C(F)(F)F)c3c2C(=O)N(CC(=O)N(C)C)CC3)cc1. The Hall–Kier alpha value is -3.04. The van der Waals surface area contributed by atoms with Crippen molar-refractivity contribution in [3.05, 3.63) is 41.2 Å². The summed E-state index contributed by atoms with van der Waals surface area (Å²) in [5.41, 5.74) is -1.11. The molecule has 7 nitrogen and oxygen atoms in total. The van der Waals surface area contributed by atoms with Crippen LogP contribution in [0.1, 0.15) is 21.7 Å². The van der Waals surface area contributed by atoms with E-state index in [4.69, 9.17) is 4.74 Å². The Morgan fingerprint density at radius 2 is 1.89 bits per heavy atom. The van der Waals surface area contributed by atoms with Gasteiger partial charge in [-0.2, -0.15) is 18.3 Å². The molecule has 28 heavy (non-hydrogen) atoms. The summed E-state index contributed by atoms with van der Waals surface area (Å²) in [6.45, 7) is -0.191. The van der Waals surface area contributed by atoms with Crippen LogP contribution in [0.25, 0.3) is 5.69 Å². The third-order valence-electron chi connectivity index (χ3n) is 4.52. The number of hydrogen-bond donors (Lipinski definition) is 0. The van der Waals surface area contributed by atoms with E-state index in [1.165, 1.54) is 29.0 Å². The molecule has 2 amide bonds. The van der Waals surface area contributed by atoms with Gasteiger partial charge in [0, 0.05) is 26.2 Å². The predicted molar refractivity (Wildman–Crippen MR) is 93.4 cm³/mol. The van der Waals surface area contributed by atoms with Crippen molar-refractivity contribution in [3.63, 3.8) is 0 Å². The lowest BCUT2D eigenvalue weighted by molar-refractivity contribution is -0.142. The second kappa shape index (κ2) is 7.17. The van der Waals surface area contributed by atoms with E-state index in [2.05, 4.69) is 5.10 Å². The summed E-state index contributed by atoms with van der Waals surface area (Å²) >= 11 is 0. The first-order valence-corrected chi connectivity index (χ1v) is 8.46. The normalized spacial score (nSPS) is 14.1. The zero-order valence-electron chi connectivity index (χ0n) is 15.6. The van der Waals surface area contributed by atoms with Crippen LogP contribution in [-0.4, -0.2) is 65.7 Å². The average Bonchev–Trinajstić information content (AvgIpc) is 3.04. The topological polar surface area (TPSA) is 67.7 Å². The van der Waals surface area contributed by atoms with Crippen LogP contribution in [0, 0.1) is 0 Å². The number of aromatic nitrogens is 2. The van der Waals surface area contributed by atoms with E-state index < -0.39 is 17.8 Å². The summed E-state index contributed by atoms with van der Waals surface area (Å²) in [6.07, 6.45) is -4.73. The highest BCUT2D eigenvalue weighted by Crippen LogP contribution is 2.36. The zero-order chi connectivity index (χ0) is 20.6. The minimum atomic E-state index is -4.69. The van der Waals surface area contributed by atoms with Gasteiger partial charge in [-0.15, -0.1) is 0 Å². The Kier molecular flexibility index (Phi) is 5.05. The van der Waals surface area contributed by atoms with Gasteiger partial charge in [-0.3, -0.25) is 9.59 Å². The average molecular weight is 396 g/mol. The summed E-state index contributed by atoms with van der Waals surface area (Å²) < 4.78 is 46.5. The molecule has 0 fully saturated rings. The summed E-state index contributed by atoms with van der Waals surface area (Å²) in [7, 11) is 4.56. The standard InChI is InChI=1S/C18H19F3N4O3/c1-23(2)14(26)10-24-9-8-13-15(17(24)27)25(22-16(13)18(19,20)21)11-4-6-12(28-3)7-5-11/h4-7H,8-10H2,1-3H3. The molecule has 1 aliphatic heterocycles. The molecule has 2 heterocycles. The van der Waals surface area contributed by atoms with Crippen LogP contribution in [0.2, 0.25) is 0 Å². The van der Waals surface area contributed by atoms with E-state index in [0.29, 0.717) is 11.4 Å². The molecular formula is C18H19F3N4O3. The number of likely N-dealkylation sites (N-methyl/N-ethyl adjacent to an activating group) is 1. The number of benzene rings is 1. The number of carbonyl (C=O) groups is 2. The largest absolute Gasteiger partial charge is 0.497 e. The first-order valence-electron chi connectivity index (χ1n) is 8.46. The predicted octanol–water partition coefficient (Wildman–Crippen LogP) is 1.99. The van der Waals surface area contributed by atoms with Crippen LogP contribution >= 0.6 is 0 Å². The van der Waals surface area contributed by atoms with Crippen LogP contribution < -0.4 is 4.74 Å². The molecule has 0 bridgehead atoms. The minimum Gasteiger partial charge on any atom is -0.497 e. The maximum atomic E-state index is 13.5. The van der Waals surface area contributed by atoms with Crippen molar-refractivity contribution < 1.29 is 27.5 Å². The molecule has 0 aliphatic carbocycles. The fourth-order valence-electron chi connectivity index (χ4n) is 3.00. The van der Waals surface area contributed by atoms with E-state index in [1.54, 1.807) is 26.2 Å². The van der Waals surface area contributed by atoms with Gasteiger partial charge in [0.25, 0.3) is 5.91 Å². The highest BCUT2D eigenvalue weighted by Gasteiger charge is 2.43. The van der Waals surface area contributed by atoms with Gasteiger partial charge in [-0.05, 0) is 30.7 Å². The fourth-order valence-corrected chi connectivity index (χ4v) is 3.00. The highest BCUT2D eigenvalue weighted by molar-refractivity contribution is 5.98. The Bertz CT molecular complexity index is 904. The van der Waals surface area contributed by atoms with Gasteiger partial charge in [0.1, 0.15) is 18.0 Å². The highest BCUT2D eigenvalue weighted by atomic mass is 19.4. The number of carbonyl (C=O) groups excluding carboxylic acids is 2. The smallest absolute Gasteiger partial charge is 0.435 e. The van der Waals surface area contributed by atoms with Crippen molar-refractivity contribution >= 4 is 11.8 Å². The van der Waals surface area contributed by atoms with Crippen LogP contribution in [0.3, 0.4) is 0 Å². The number of nitrogens with zero attached hydrogens (tertiary/aromatic N) is 4. The van der Waals surface area contributed by atoms with Crippen molar-refractivity contribution in [2.75, 3.05) is 34.3 Å². The maximum Gasteiger partial charge on any atom is 0.435 e. The molecule has 10 heteroatoms. The fraction of sp³-hybridized carbons (Fsp3) is 0.389. The van der Waals surface area contributed by atoms with E-state index in [-0.39, 0.29) is 36.7 Å². The van der Waals surface area contributed by atoms with Gasteiger partial charge in [0.15, 0.2) is 5.69 Å². The van der Waals surface area contributed by atoms with Crippen LogP contribution in [0.15, 0.2) is 24.3 Å². The van der Waals surface area contributed by atoms with Gasteiger partial charge < -0.3 is 14.5 Å². The molecule has 1 aliphatic rings. The number of fused-ring (bicyclic) bond motifs is 1. The van der Waals surface area contributed by atoms with Gasteiger partial charge in [0.2, 0.25) is 5.91 Å². The Balaban J connectivity index is 2.08. The van der Waals surface area contributed by atoms with Crippen LogP contribution in [0.5, 0.6) is 5.75 Å². The minimum absolute atomic E-state index is 0.0167. The van der Waals surface area contributed by atoms with E-state index in [0.717, 1.165) is 4.68 Å². The lowest BCUT2D eigenvalue weighted by atomic mass is 10.0. The zero-order valence-corrected chi connectivity index (χ0v) is 15.6. The molecule has 0 radical (unpaired) electrons. The molecule has 3 rings (SSSR count). The van der Waals surface area contributed by atoms with E-state index in [1.807, 2.05) is 0 Å². The lowest BCUT2D eigenvalue weighted by Crippen LogP contribution is -2.44. The summed E-state index contributed by atoms with van der Waals surface area (Å²) in [6, 6.07) is 6.17. The second-order valence-corrected chi connectivity index (χ2v) is 6.55. The third-order valence-corrected chi connectivity index (χ3v) is 4.52. The molecule has 0 N–H and O–H groups in total. The summed E-state index contributed by atoms with van der Waals surface area (Å²) in [4.78, 5) is 27.5. The van der Waals surface area contributed by atoms with Crippen molar-refractivity contribution in [3.8, 4) is 11.4 Å². The molecule has 0 saturated carbocycles. The number of halogens is 3. The molecule has 0 saturated heterocycles. The number of hydrogen-bond acceptors (Lipinski definition) is 4. The quantitative estimate of drug-likeness (QED) is 0.793. The maximum absolute atomic E-state index is 13.5. The van der Waals surface area contributed by atoms with Gasteiger partial charge in [0.05, 0.1) is 12.8 Å². The van der Waals surface area contributed by atoms with Gasteiger partial charge in [-0.1, -0.05) is 0 Å². The van der Waals surface area contributed by atoms with Gasteiger partial charge >= 0.3 is 6.18 Å². The first kappa shape index (κ1) is 19.7. The lowest BCUT2D eigenvalue weighted by Gasteiger charge is -2.28. The second-order valence-electron chi connectivity index (χ2n) is 6.55. The number of ether oxygens (including phenoxy) is 1. The van der Waals surface area contributed by atoms with Gasteiger partial charge in [-0.25, -0.2) is 4.68 Å². The van der Waals surface area contributed by atoms with Crippen LogP contribution in [-0.2, 0) is 17.4 Å². The Labute approximate surface area is 159 Å². The molecule has 0 atom stereocenters. The number of alkyl halides is 3. The molecule has 1 aromatic carbocycles. The Morgan fingerprint density at radius 3 is 2.43 bits per heavy atom. The van der Waals surface area contributed by atoms with Crippen molar-refractivity contribution in [1.29, 1.82) is 0 Å².